The molecule has 11 aromatic rings. The summed E-state index contributed by atoms with van der Waals surface area (Å²) in [4.78, 5) is 10.4. The molecule has 0 saturated heterocycles. The van der Waals surface area contributed by atoms with Crippen LogP contribution in [0.15, 0.2) is 194 Å². The van der Waals surface area contributed by atoms with Crippen LogP contribution >= 0.6 is 0 Å². The van der Waals surface area contributed by atoms with Gasteiger partial charge in [0.25, 0.3) is 0 Å². The molecule has 5 heterocycles. The van der Waals surface area contributed by atoms with E-state index < -0.39 is 5.41 Å². The van der Waals surface area contributed by atoms with Crippen LogP contribution < -0.4 is 4.74 Å². The lowest BCUT2D eigenvalue weighted by molar-refractivity contribution is 0.434. The maximum atomic E-state index is 7.09. The second kappa shape index (κ2) is 11.6. The number of hydrogen-bond acceptors (Lipinski definition) is 3. The Balaban J connectivity index is 1.16. The van der Waals surface area contributed by atoms with Crippen LogP contribution in [0.25, 0.3) is 77.8 Å². The Morgan fingerprint density at radius 2 is 1.02 bits per heavy atom. The molecule has 0 radical (unpaired) electrons. The minimum absolute atomic E-state index is 0.669. The first kappa shape index (κ1) is 31.4. The maximum absolute atomic E-state index is 7.09. The Labute approximate surface area is 333 Å². The SMILES string of the molecule is c1ccc(-c2cc(-n3c4ccccc4c4cc5c(cc43)Oc3ccccc3C53c4ccccc4-n4c5ccccc5c5cccc3c54)nc(-c3ccccc3)n2)cc1. The molecule has 1 unspecified atom stereocenters. The highest BCUT2D eigenvalue weighted by molar-refractivity contribution is 6.13. The monoisotopic (exact) mass is 740 g/mol. The molecule has 2 aliphatic rings. The summed E-state index contributed by atoms with van der Waals surface area (Å²) in [6, 6.07) is 69.2. The van der Waals surface area contributed by atoms with E-state index in [1.807, 2.05) is 24.3 Å². The standard InChI is InChI=1S/C53H32N4O/c1-3-16-33(17-4-1)43-31-50(55-52(54-43)34-18-5-2-6-19-34)56-44-26-11-8-21-36(44)38-30-42-49(32-47(38)56)58-48-29-14-10-24-40(48)53(42)39-23-9-13-28-46(39)57-45-27-12-7-20-35(45)37-22-15-25-41(53)51(37)57/h1-32H. The summed E-state index contributed by atoms with van der Waals surface area (Å²) in [5.41, 5.74) is 12.6. The Morgan fingerprint density at radius 3 is 1.83 bits per heavy atom. The van der Waals surface area contributed by atoms with Gasteiger partial charge in [0.2, 0.25) is 0 Å². The molecule has 0 amide bonds. The van der Waals surface area contributed by atoms with Crippen molar-refractivity contribution in [2.75, 3.05) is 0 Å². The van der Waals surface area contributed by atoms with Gasteiger partial charge in [-0.1, -0.05) is 152 Å². The highest BCUT2D eigenvalue weighted by Gasteiger charge is 2.50. The highest BCUT2D eigenvalue weighted by Crippen LogP contribution is 2.61. The first-order valence-electron chi connectivity index (χ1n) is 19.8. The third kappa shape index (κ3) is 4.09. The molecule has 0 fully saturated rings. The number of ether oxygens (including phenoxy) is 1. The summed E-state index contributed by atoms with van der Waals surface area (Å²) in [6.07, 6.45) is 0. The molecular weight excluding hydrogens is 709 g/mol. The number of rotatable bonds is 3. The molecule has 5 nitrogen and oxygen atoms in total. The molecular formula is C53H32N4O. The number of aromatic nitrogens is 4. The van der Waals surface area contributed by atoms with Gasteiger partial charge in [-0.05, 0) is 41.5 Å². The average molecular weight is 741 g/mol. The Bertz CT molecular complexity index is 3430. The first-order chi connectivity index (χ1) is 28.8. The topological polar surface area (TPSA) is 44.9 Å². The molecule has 0 saturated carbocycles. The average Bonchev–Trinajstić information content (AvgIpc) is 3.81. The van der Waals surface area contributed by atoms with Crippen molar-refractivity contribution in [3.63, 3.8) is 0 Å². The fourth-order valence-electron chi connectivity index (χ4n) is 10.1. The zero-order chi connectivity index (χ0) is 38.0. The molecule has 270 valence electrons. The molecule has 2 aliphatic heterocycles. The smallest absolute Gasteiger partial charge is 0.162 e. The van der Waals surface area contributed by atoms with E-state index >= 15 is 0 Å². The van der Waals surface area contributed by atoms with Gasteiger partial charge in [-0.3, -0.25) is 4.57 Å². The van der Waals surface area contributed by atoms with E-state index in [0.717, 1.165) is 67.1 Å². The molecule has 0 aliphatic carbocycles. The van der Waals surface area contributed by atoms with Crippen molar-refractivity contribution >= 4 is 43.6 Å². The van der Waals surface area contributed by atoms with Crippen molar-refractivity contribution in [3.8, 4) is 45.6 Å². The number of para-hydroxylation sites is 5. The predicted octanol–water partition coefficient (Wildman–Crippen LogP) is 12.8. The van der Waals surface area contributed by atoms with Crippen molar-refractivity contribution in [2.45, 2.75) is 5.41 Å². The van der Waals surface area contributed by atoms with E-state index in [1.54, 1.807) is 0 Å². The van der Waals surface area contributed by atoms with Gasteiger partial charge in [-0.25, -0.2) is 9.97 Å². The summed E-state index contributed by atoms with van der Waals surface area (Å²) in [5.74, 6) is 3.15. The van der Waals surface area contributed by atoms with Gasteiger partial charge in [-0.2, -0.15) is 0 Å². The molecule has 5 heteroatoms. The molecule has 1 spiro atoms. The zero-order valence-corrected chi connectivity index (χ0v) is 31.2. The first-order valence-corrected chi connectivity index (χ1v) is 19.8. The maximum Gasteiger partial charge on any atom is 0.162 e. The molecule has 3 aromatic heterocycles. The van der Waals surface area contributed by atoms with E-state index in [-0.39, 0.29) is 0 Å². The van der Waals surface area contributed by atoms with Crippen LogP contribution in [0, 0.1) is 0 Å². The molecule has 58 heavy (non-hydrogen) atoms. The second-order valence-electron chi connectivity index (χ2n) is 15.3. The highest BCUT2D eigenvalue weighted by atomic mass is 16.5. The number of fused-ring (bicyclic) bond motifs is 14. The van der Waals surface area contributed by atoms with Gasteiger partial charge in [0.15, 0.2) is 5.82 Å². The molecule has 0 N–H and O–H groups in total. The van der Waals surface area contributed by atoms with Gasteiger partial charge < -0.3 is 9.30 Å². The lowest BCUT2D eigenvalue weighted by Crippen LogP contribution is -2.37. The van der Waals surface area contributed by atoms with Crippen LogP contribution in [0.3, 0.4) is 0 Å². The van der Waals surface area contributed by atoms with Crippen LogP contribution in [-0.4, -0.2) is 19.1 Å². The van der Waals surface area contributed by atoms with E-state index in [1.165, 1.54) is 38.6 Å². The Hall–Kier alpha value is -7.76. The van der Waals surface area contributed by atoms with Crippen molar-refractivity contribution in [1.29, 1.82) is 0 Å². The van der Waals surface area contributed by atoms with Crippen LogP contribution in [0.4, 0.5) is 0 Å². The molecule has 0 bridgehead atoms. The van der Waals surface area contributed by atoms with Gasteiger partial charge in [-0.15, -0.1) is 0 Å². The normalized spacial score (nSPS) is 15.1. The Morgan fingerprint density at radius 1 is 0.397 bits per heavy atom. The fourth-order valence-corrected chi connectivity index (χ4v) is 10.1. The number of nitrogens with zero attached hydrogens (tertiary/aromatic N) is 4. The van der Waals surface area contributed by atoms with Crippen LogP contribution in [0.2, 0.25) is 0 Å². The summed E-state index contributed by atoms with van der Waals surface area (Å²) >= 11 is 0. The molecule has 8 aromatic carbocycles. The van der Waals surface area contributed by atoms with Crippen LogP contribution in [0.5, 0.6) is 11.5 Å². The molecule has 13 rings (SSSR count). The van der Waals surface area contributed by atoms with Crippen molar-refractivity contribution in [2.24, 2.45) is 0 Å². The lowest BCUT2D eigenvalue weighted by Gasteiger charge is -2.45. The van der Waals surface area contributed by atoms with Crippen molar-refractivity contribution in [1.82, 2.24) is 19.1 Å². The predicted molar refractivity (Wildman–Crippen MR) is 234 cm³/mol. The quantitative estimate of drug-likeness (QED) is 0.181. The Kier molecular flexibility index (Phi) is 6.31. The number of hydrogen-bond donors (Lipinski definition) is 0. The summed E-state index contributed by atoms with van der Waals surface area (Å²) in [7, 11) is 0. The van der Waals surface area contributed by atoms with Crippen LogP contribution in [-0.2, 0) is 5.41 Å². The minimum Gasteiger partial charge on any atom is -0.457 e. The third-order valence-electron chi connectivity index (χ3n) is 12.4. The van der Waals surface area contributed by atoms with Gasteiger partial charge in [0.1, 0.15) is 17.3 Å². The summed E-state index contributed by atoms with van der Waals surface area (Å²) in [5, 5.41) is 4.78. The lowest BCUT2D eigenvalue weighted by atomic mass is 9.61. The van der Waals surface area contributed by atoms with E-state index in [2.05, 4.69) is 179 Å². The molecule has 1 atom stereocenters. The third-order valence-corrected chi connectivity index (χ3v) is 12.4. The van der Waals surface area contributed by atoms with E-state index in [0.29, 0.717) is 5.82 Å². The number of benzene rings is 8. The van der Waals surface area contributed by atoms with E-state index in [9.17, 15) is 0 Å². The minimum atomic E-state index is -0.669. The van der Waals surface area contributed by atoms with Crippen molar-refractivity contribution < 1.29 is 4.74 Å². The summed E-state index contributed by atoms with van der Waals surface area (Å²) in [6.45, 7) is 0. The summed E-state index contributed by atoms with van der Waals surface area (Å²) < 4.78 is 11.9. The largest absolute Gasteiger partial charge is 0.457 e. The van der Waals surface area contributed by atoms with Crippen LogP contribution in [0.1, 0.15) is 22.3 Å². The second-order valence-corrected chi connectivity index (χ2v) is 15.3. The van der Waals surface area contributed by atoms with Gasteiger partial charge in [0, 0.05) is 55.9 Å². The van der Waals surface area contributed by atoms with Crippen molar-refractivity contribution in [3.05, 3.63) is 216 Å². The van der Waals surface area contributed by atoms with Gasteiger partial charge >= 0.3 is 0 Å². The zero-order valence-electron chi connectivity index (χ0n) is 31.2. The van der Waals surface area contributed by atoms with Gasteiger partial charge in [0.05, 0.1) is 38.9 Å². The fraction of sp³-hybridized carbons (Fsp3) is 0.0189. The van der Waals surface area contributed by atoms with E-state index in [4.69, 9.17) is 14.7 Å².